The molecule has 1 unspecified atom stereocenters. The minimum atomic E-state index is -1.05. The monoisotopic (exact) mass is 338 g/mol. The summed E-state index contributed by atoms with van der Waals surface area (Å²) in [5.74, 6) is 5.45. The van der Waals surface area contributed by atoms with E-state index in [9.17, 15) is 9.90 Å². The van der Waals surface area contributed by atoms with E-state index in [2.05, 4.69) is 10.5 Å². The first-order valence-corrected chi connectivity index (χ1v) is 7.62. The zero-order chi connectivity index (χ0) is 17.8. The lowest BCUT2D eigenvalue weighted by Gasteiger charge is -2.10. The highest BCUT2D eigenvalue weighted by Crippen LogP contribution is 2.25. The lowest BCUT2D eigenvalue weighted by atomic mass is 10.0. The first-order chi connectivity index (χ1) is 12.1. The fourth-order valence-corrected chi connectivity index (χ4v) is 2.50. The molecule has 0 bridgehead atoms. The van der Waals surface area contributed by atoms with Gasteiger partial charge in [-0.25, -0.2) is 10.5 Å². The second kappa shape index (κ2) is 7.16. The lowest BCUT2D eigenvalue weighted by molar-refractivity contribution is 0.0948. The number of nitrogens with two attached hydrogens (primary N) is 1. The van der Waals surface area contributed by atoms with Crippen LogP contribution in [0.4, 0.5) is 0 Å². The van der Waals surface area contributed by atoms with Gasteiger partial charge in [-0.05, 0) is 29.8 Å². The number of carbonyl (C=O) groups is 1. The number of nitrogens with zero attached hydrogens (tertiary/aromatic N) is 2. The topological polar surface area (TPSA) is 102 Å². The van der Waals surface area contributed by atoms with Gasteiger partial charge in [0.05, 0.1) is 18.4 Å². The number of amides is 1. The highest BCUT2D eigenvalue weighted by Gasteiger charge is 2.23. The van der Waals surface area contributed by atoms with Crippen LogP contribution >= 0.6 is 0 Å². The van der Waals surface area contributed by atoms with E-state index >= 15 is 0 Å². The Morgan fingerprint density at radius 3 is 2.48 bits per heavy atom. The summed E-state index contributed by atoms with van der Waals surface area (Å²) >= 11 is 0. The number of hydrogen-bond acceptors (Lipinski definition) is 5. The van der Waals surface area contributed by atoms with E-state index < -0.39 is 12.0 Å². The number of methoxy groups -OCH3 is 1. The Hall–Kier alpha value is -3.16. The SMILES string of the molecule is COc1ccc(-n2cc(C(=O)NN)c(C(O)c3ccccc3)n2)cc1. The number of rotatable bonds is 5. The number of benzene rings is 2. The molecule has 1 heterocycles. The first kappa shape index (κ1) is 16.7. The zero-order valence-corrected chi connectivity index (χ0v) is 13.6. The van der Waals surface area contributed by atoms with Crippen molar-refractivity contribution in [2.45, 2.75) is 6.10 Å². The number of nitrogens with one attached hydrogen (secondary N) is 1. The summed E-state index contributed by atoms with van der Waals surface area (Å²) in [7, 11) is 1.58. The van der Waals surface area contributed by atoms with Crippen molar-refractivity contribution >= 4 is 5.91 Å². The number of hydrogen-bond donors (Lipinski definition) is 3. The molecule has 0 aliphatic carbocycles. The average Bonchev–Trinajstić information content (AvgIpc) is 3.13. The summed E-state index contributed by atoms with van der Waals surface area (Å²) in [5, 5.41) is 15.0. The Kier molecular flexibility index (Phi) is 4.78. The third-order valence-corrected chi connectivity index (χ3v) is 3.83. The first-order valence-electron chi connectivity index (χ1n) is 7.62. The molecule has 0 fully saturated rings. The standard InChI is InChI=1S/C18H18N4O3/c1-25-14-9-7-13(8-10-14)22-11-15(18(24)20-19)16(21-22)17(23)12-5-3-2-4-6-12/h2-11,17,23H,19H2,1H3,(H,20,24). The number of carbonyl (C=O) groups excluding carboxylic acids is 1. The van der Waals surface area contributed by atoms with Crippen LogP contribution in [-0.2, 0) is 0 Å². The van der Waals surface area contributed by atoms with Gasteiger partial charge >= 0.3 is 0 Å². The van der Waals surface area contributed by atoms with E-state index in [0.29, 0.717) is 11.3 Å². The minimum absolute atomic E-state index is 0.203. The summed E-state index contributed by atoms with van der Waals surface area (Å²) < 4.78 is 6.65. The number of ether oxygens (including phenoxy) is 1. The minimum Gasteiger partial charge on any atom is -0.497 e. The van der Waals surface area contributed by atoms with Crippen LogP contribution in [0.2, 0.25) is 0 Å². The predicted molar refractivity (Wildman–Crippen MR) is 92.3 cm³/mol. The smallest absolute Gasteiger partial charge is 0.268 e. The fourth-order valence-electron chi connectivity index (χ4n) is 2.50. The van der Waals surface area contributed by atoms with Crippen LogP contribution in [-0.4, -0.2) is 27.9 Å². The van der Waals surface area contributed by atoms with Gasteiger partial charge in [-0.15, -0.1) is 0 Å². The fraction of sp³-hybridized carbons (Fsp3) is 0.111. The number of aliphatic hydroxyl groups excluding tert-OH is 1. The molecule has 0 aliphatic rings. The van der Waals surface area contributed by atoms with Gasteiger partial charge in [0.15, 0.2) is 0 Å². The summed E-state index contributed by atoms with van der Waals surface area (Å²) in [6, 6.07) is 16.2. The highest BCUT2D eigenvalue weighted by atomic mass is 16.5. The predicted octanol–water partition coefficient (Wildman–Crippen LogP) is 1.57. The lowest BCUT2D eigenvalue weighted by Crippen LogP contribution is -2.30. The summed E-state index contributed by atoms with van der Waals surface area (Å²) in [6.45, 7) is 0. The summed E-state index contributed by atoms with van der Waals surface area (Å²) in [6.07, 6.45) is 0.485. The number of nitrogen functional groups attached to an aromatic ring is 1. The molecule has 25 heavy (non-hydrogen) atoms. The van der Waals surface area contributed by atoms with Crippen molar-refractivity contribution < 1.29 is 14.6 Å². The molecule has 128 valence electrons. The van der Waals surface area contributed by atoms with Gasteiger partial charge in [0.2, 0.25) is 0 Å². The van der Waals surface area contributed by atoms with Crippen LogP contribution in [0, 0.1) is 0 Å². The van der Waals surface area contributed by atoms with Crippen LogP contribution in [0.5, 0.6) is 5.75 Å². The van der Waals surface area contributed by atoms with Crippen LogP contribution in [0.3, 0.4) is 0 Å². The molecular formula is C18H18N4O3. The number of aromatic nitrogens is 2. The Morgan fingerprint density at radius 2 is 1.88 bits per heavy atom. The molecule has 1 amide bonds. The number of hydrazine groups is 1. The van der Waals surface area contributed by atoms with Crippen LogP contribution in [0.25, 0.3) is 5.69 Å². The van der Waals surface area contributed by atoms with Gasteiger partial charge in [-0.1, -0.05) is 30.3 Å². The van der Waals surface area contributed by atoms with Crippen LogP contribution < -0.4 is 16.0 Å². The maximum absolute atomic E-state index is 12.1. The zero-order valence-electron chi connectivity index (χ0n) is 13.6. The van der Waals surface area contributed by atoms with E-state index in [1.807, 2.05) is 18.2 Å². The molecule has 7 nitrogen and oxygen atoms in total. The second-order valence-corrected chi connectivity index (χ2v) is 5.36. The molecule has 0 radical (unpaired) electrons. The highest BCUT2D eigenvalue weighted by molar-refractivity contribution is 5.95. The largest absolute Gasteiger partial charge is 0.497 e. The molecule has 7 heteroatoms. The van der Waals surface area contributed by atoms with Gasteiger partial charge in [-0.2, -0.15) is 5.10 Å². The van der Waals surface area contributed by atoms with Gasteiger partial charge in [0, 0.05) is 6.20 Å². The van der Waals surface area contributed by atoms with Crippen LogP contribution in [0.15, 0.2) is 60.8 Å². The van der Waals surface area contributed by atoms with Crippen molar-refractivity contribution in [2.24, 2.45) is 5.84 Å². The molecule has 2 aromatic carbocycles. The molecule has 1 aromatic heterocycles. The summed E-state index contributed by atoms with van der Waals surface area (Å²) in [5.41, 5.74) is 3.87. The van der Waals surface area contributed by atoms with Crippen molar-refractivity contribution in [1.29, 1.82) is 0 Å². The third kappa shape index (κ3) is 3.37. The molecule has 0 saturated heterocycles. The van der Waals surface area contributed by atoms with Crippen molar-refractivity contribution in [3.63, 3.8) is 0 Å². The molecule has 0 spiro atoms. The molecular weight excluding hydrogens is 320 g/mol. The molecule has 3 aromatic rings. The van der Waals surface area contributed by atoms with E-state index in [1.54, 1.807) is 43.5 Å². The molecule has 4 N–H and O–H groups in total. The Balaban J connectivity index is 2.04. The third-order valence-electron chi connectivity index (χ3n) is 3.83. The molecule has 0 saturated carbocycles. The van der Waals surface area contributed by atoms with Gasteiger partial charge < -0.3 is 9.84 Å². The maximum Gasteiger partial charge on any atom is 0.268 e. The second-order valence-electron chi connectivity index (χ2n) is 5.36. The van der Waals surface area contributed by atoms with Crippen molar-refractivity contribution in [2.75, 3.05) is 7.11 Å². The van der Waals surface area contributed by atoms with E-state index in [1.165, 1.54) is 10.9 Å². The van der Waals surface area contributed by atoms with Crippen molar-refractivity contribution in [3.8, 4) is 11.4 Å². The Morgan fingerprint density at radius 1 is 1.20 bits per heavy atom. The van der Waals surface area contributed by atoms with Gasteiger partial charge in [0.1, 0.15) is 17.5 Å². The average molecular weight is 338 g/mol. The normalized spacial score (nSPS) is 11.8. The summed E-state index contributed by atoms with van der Waals surface area (Å²) in [4.78, 5) is 12.1. The van der Waals surface area contributed by atoms with Gasteiger partial charge in [0.25, 0.3) is 5.91 Å². The van der Waals surface area contributed by atoms with E-state index in [0.717, 1.165) is 5.69 Å². The van der Waals surface area contributed by atoms with Gasteiger partial charge in [-0.3, -0.25) is 10.2 Å². The number of aliphatic hydroxyl groups is 1. The Bertz CT molecular complexity index is 860. The van der Waals surface area contributed by atoms with Crippen LogP contribution in [0.1, 0.15) is 27.7 Å². The molecule has 1 atom stereocenters. The maximum atomic E-state index is 12.1. The van der Waals surface area contributed by atoms with Crippen molar-refractivity contribution in [1.82, 2.24) is 15.2 Å². The quantitative estimate of drug-likeness (QED) is 0.372. The molecule has 3 rings (SSSR count). The Labute approximate surface area is 144 Å². The molecule has 0 aliphatic heterocycles. The van der Waals surface area contributed by atoms with E-state index in [4.69, 9.17) is 10.6 Å². The van der Waals surface area contributed by atoms with Crippen molar-refractivity contribution in [3.05, 3.63) is 77.6 Å². The van der Waals surface area contributed by atoms with E-state index in [-0.39, 0.29) is 11.3 Å².